The Morgan fingerprint density at radius 2 is 1.58 bits per heavy atom. The number of nitriles is 1. The monoisotopic (exact) mass is 514 g/mol. The van der Waals surface area contributed by atoms with Crippen molar-refractivity contribution < 1.29 is 22.8 Å². The van der Waals surface area contributed by atoms with Crippen LogP contribution < -0.4 is 9.80 Å². The highest BCUT2D eigenvalue weighted by Crippen LogP contribution is 2.58. The Morgan fingerprint density at radius 1 is 0.921 bits per heavy atom. The molecule has 6 rings (SSSR count). The summed E-state index contributed by atoms with van der Waals surface area (Å²) in [5, 5.41) is 10.7. The summed E-state index contributed by atoms with van der Waals surface area (Å²) in [5.74, 6) is -0.731. The predicted molar refractivity (Wildman–Crippen MR) is 135 cm³/mol. The van der Waals surface area contributed by atoms with Gasteiger partial charge in [0, 0.05) is 48.4 Å². The molecule has 1 aromatic heterocycles. The fourth-order valence-corrected chi connectivity index (χ4v) is 6.07. The molecule has 9 heteroatoms. The van der Waals surface area contributed by atoms with Gasteiger partial charge in [0.15, 0.2) is 5.78 Å². The number of fused-ring (bicyclic) bond motifs is 3. The van der Waals surface area contributed by atoms with E-state index in [-0.39, 0.29) is 41.3 Å². The molecule has 3 heterocycles. The van der Waals surface area contributed by atoms with Crippen LogP contribution in [0, 0.1) is 11.3 Å². The van der Waals surface area contributed by atoms with Crippen molar-refractivity contribution in [1.29, 1.82) is 5.26 Å². The number of rotatable bonds is 2. The first-order chi connectivity index (χ1) is 18.2. The van der Waals surface area contributed by atoms with Crippen molar-refractivity contribution in [2.45, 2.75) is 30.9 Å². The van der Waals surface area contributed by atoms with Crippen molar-refractivity contribution >= 4 is 28.9 Å². The quantitative estimate of drug-likeness (QED) is 0.444. The number of halogens is 3. The molecular weight excluding hydrogens is 493 g/mol. The van der Waals surface area contributed by atoms with E-state index < -0.39 is 23.1 Å². The number of allylic oxidation sites excluding steroid dienone is 1. The van der Waals surface area contributed by atoms with Crippen LogP contribution in [0.3, 0.4) is 0 Å². The van der Waals surface area contributed by atoms with Gasteiger partial charge < -0.3 is 9.47 Å². The number of Topliss-reactive ketones (excluding diaryl/α,β-unsaturated/α-hetero) is 1. The first-order valence-electron chi connectivity index (χ1n) is 12.1. The second-order valence-corrected chi connectivity index (χ2v) is 9.48. The first kappa shape index (κ1) is 23.8. The minimum Gasteiger partial charge on any atom is -0.314 e. The van der Waals surface area contributed by atoms with Gasteiger partial charge in [-0.25, -0.2) is 0 Å². The number of alkyl halides is 3. The molecule has 38 heavy (non-hydrogen) atoms. The molecule has 0 unspecified atom stereocenters. The Hall–Kier alpha value is -4.58. The summed E-state index contributed by atoms with van der Waals surface area (Å²) < 4.78 is 44.4. The van der Waals surface area contributed by atoms with Gasteiger partial charge in [0.1, 0.15) is 17.3 Å². The van der Waals surface area contributed by atoms with Gasteiger partial charge in [-0.2, -0.15) is 18.4 Å². The second-order valence-electron chi connectivity index (χ2n) is 9.48. The van der Waals surface area contributed by atoms with Gasteiger partial charge in [-0.1, -0.05) is 30.3 Å². The van der Waals surface area contributed by atoms with Crippen LogP contribution in [0.1, 0.15) is 30.4 Å². The molecular formula is C29H21F3N4O2. The van der Waals surface area contributed by atoms with Gasteiger partial charge in [-0.05, 0) is 43.2 Å². The van der Waals surface area contributed by atoms with Crippen molar-refractivity contribution in [1.82, 2.24) is 4.57 Å². The Balaban J connectivity index is 1.81. The van der Waals surface area contributed by atoms with Crippen molar-refractivity contribution in [2.24, 2.45) is 0 Å². The third-order valence-electron chi connectivity index (χ3n) is 7.55. The number of ketones is 1. The Bertz CT molecular complexity index is 1610. The number of hydrogen-bond acceptors (Lipinski definition) is 4. The topological polar surface area (TPSA) is 69.3 Å². The largest absolute Gasteiger partial charge is 0.418 e. The molecule has 0 saturated carbocycles. The lowest BCUT2D eigenvalue weighted by atomic mass is 9.63. The lowest BCUT2D eigenvalue weighted by molar-refractivity contribution is -0.137. The van der Waals surface area contributed by atoms with Crippen LogP contribution in [0.15, 0.2) is 89.9 Å². The van der Waals surface area contributed by atoms with Crippen molar-refractivity contribution in [2.75, 3.05) is 16.8 Å². The molecule has 3 aromatic rings. The van der Waals surface area contributed by atoms with Crippen LogP contribution >= 0.6 is 0 Å². The Labute approximate surface area is 216 Å². The van der Waals surface area contributed by atoms with E-state index in [2.05, 4.69) is 6.07 Å². The van der Waals surface area contributed by atoms with E-state index in [1.165, 1.54) is 28.0 Å². The van der Waals surface area contributed by atoms with Crippen LogP contribution in [0.4, 0.5) is 24.5 Å². The van der Waals surface area contributed by atoms with E-state index in [4.69, 9.17) is 0 Å². The fraction of sp³-hybridized carbons (Fsp3) is 0.207. The second kappa shape index (κ2) is 8.21. The van der Waals surface area contributed by atoms with Gasteiger partial charge >= 0.3 is 6.18 Å². The molecule has 0 fully saturated rings. The zero-order valence-corrected chi connectivity index (χ0v) is 20.3. The molecule has 0 saturated heterocycles. The first-order valence-corrected chi connectivity index (χ1v) is 12.1. The molecule has 1 aliphatic carbocycles. The summed E-state index contributed by atoms with van der Waals surface area (Å²) in [4.78, 5) is 30.8. The summed E-state index contributed by atoms with van der Waals surface area (Å²) in [6.45, 7) is 0. The number of amides is 1. The van der Waals surface area contributed by atoms with Crippen molar-refractivity contribution in [3.63, 3.8) is 0 Å². The van der Waals surface area contributed by atoms with E-state index in [0.717, 1.165) is 6.07 Å². The number of likely N-dealkylation sites (N-methyl/N-ethyl adjacent to an activating group) is 1. The standard InChI is InChI=1S/C29H21F3N4O2/c1-34-21-11-4-2-9-18(21)28(27(34)38)20(17-33)26(35-15-6-7-16-35)36(23-13-8-14-24(37)25(23)28)22-12-5-3-10-19(22)29(30,31)32/h2-7,9-12,15-16H,8,13-14H2,1H3/t28-/m0/s1. The minimum absolute atomic E-state index is 0.0787. The number of carbonyl (C=O) groups excluding carboxylic acids is 2. The molecule has 1 atom stereocenters. The number of carbonyl (C=O) groups is 2. The van der Waals surface area contributed by atoms with Gasteiger partial charge in [-0.15, -0.1) is 0 Å². The van der Waals surface area contributed by atoms with Crippen LogP contribution in [-0.4, -0.2) is 23.3 Å². The SMILES string of the molecule is CN1C(=O)[C@]2(C(C#N)=C(n3cccc3)N(c3ccccc3C(F)(F)F)C3=C2C(=O)CCC3)c2ccccc21. The number of nitrogens with zero attached hydrogens (tertiary/aromatic N) is 4. The van der Waals surface area contributed by atoms with Crippen LogP contribution in [0.2, 0.25) is 0 Å². The van der Waals surface area contributed by atoms with E-state index in [1.807, 2.05) is 0 Å². The lowest BCUT2D eigenvalue weighted by Crippen LogP contribution is -2.51. The van der Waals surface area contributed by atoms with Gasteiger partial charge in [0.2, 0.25) is 5.91 Å². The lowest BCUT2D eigenvalue weighted by Gasteiger charge is -2.45. The summed E-state index contributed by atoms with van der Waals surface area (Å²) >= 11 is 0. The van der Waals surface area contributed by atoms with Crippen LogP contribution in [0.25, 0.3) is 5.82 Å². The summed E-state index contributed by atoms with van der Waals surface area (Å²) in [5.41, 5.74) is -1.57. The number of benzene rings is 2. The third kappa shape index (κ3) is 3.00. The molecule has 3 aliphatic rings. The number of aromatic nitrogens is 1. The zero-order chi connectivity index (χ0) is 26.8. The number of hydrogen-bond donors (Lipinski definition) is 0. The third-order valence-corrected chi connectivity index (χ3v) is 7.55. The highest BCUT2D eigenvalue weighted by atomic mass is 19.4. The average Bonchev–Trinajstić information content (AvgIpc) is 3.51. The van der Waals surface area contributed by atoms with E-state index >= 15 is 0 Å². The average molecular weight is 515 g/mol. The zero-order valence-electron chi connectivity index (χ0n) is 20.3. The van der Waals surface area contributed by atoms with Crippen molar-refractivity contribution in [3.8, 4) is 6.07 Å². The molecule has 0 bridgehead atoms. The maximum Gasteiger partial charge on any atom is 0.418 e. The summed E-state index contributed by atoms with van der Waals surface area (Å²) in [6, 6.07) is 17.6. The maximum atomic E-state index is 14.3. The highest BCUT2D eigenvalue weighted by Gasteiger charge is 2.62. The summed E-state index contributed by atoms with van der Waals surface area (Å²) in [7, 11) is 1.58. The highest BCUT2D eigenvalue weighted by molar-refractivity contribution is 6.21. The number of anilines is 2. The molecule has 2 aliphatic heterocycles. The van der Waals surface area contributed by atoms with Gasteiger partial charge in [0.05, 0.1) is 16.8 Å². The summed E-state index contributed by atoms with van der Waals surface area (Å²) in [6.07, 6.45) is -0.659. The van der Waals surface area contributed by atoms with Crippen LogP contribution in [0.5, 0.6) is 0 Å². The molecule has 0 N–H and O–H groups in total. The van der Waals surface area contributed by atoms with Gasteiger partial charge in [-0.3, -0.25) is 14.5 Å². The number of para-hydroxylation sites is 2. The smallest absolute Gasteiger partial charge is 0.314 e. The molecule has 190 valence electrons. The van der Waals surface area contributed by atoms with E-state index in [1.54, 1.807) is 60.4 Å². The van der Waals surface area contributed by atoms with E-state index in [0.29, 0.717) is 23.4 Å². The predicted octanol–water partition coefficient (Wildman–Crippen LogP) is 5.64. The molecule has 0 radical (unpaired) electrons. The van der Waals surface area contributed by atoms with Crippen LogP contribution in [-0.2, 0) is 21.2 Å². The molecule has 6 nitrogen and oxygen atoms in total. The minimum atomic E-state index is -4.70. The maximum absolute atomic E-state index is 14.3. The fourth-order valence-electron chi connectivity index (χ4n) is 6.07. The van der Waals surface area contributed by atoms with Gasteiger partial charge in [0.25, 0.3) is 0 Å². The Morgan fingerprint density at radius 3 is 2.26 bits per heavy atom. The molecule has 2 aromatic carbocycles. The van der Waals surface area contributed by atoms with E-state index in [9.17, 15) is 28.0 Å². The molecule has 1 amide bonds. The molecule has 1 spiro atoms. The van der Waals surface area contributed by atoms with Crippen molar-refractivity contribution in [3.05, 3.63) is 101 Å². The normalized spacial score (nSPS) is 21.2. The Kier molecular flexibility index (Phi) is 5.14.